The van der Waals surface area contributed by atoms with E-state index in [4.69, 9.17) is 4.74 Å². The monoisotopic (exact) mass is 501 g/mol. The Kier molecular flexibility index (Phi) is 6.98. The van der Waals surface area contributed by atoms with Crippen LogP contribution in [-0.4, -0.2) is 52.2 Å². The van der Waals surface area contributed by atoms with Gasteiger partial charge in [-0.3, -0.25) is 4.98 Å². The van der Waals surface area contributed by atoms with Crippen LogP contribution in [0.1, 0.15) is 16.8 Å². The molecule has 0 bridgehead atoms. The Hall–Kier alpha value is -3.97. The molecule has 8 nitrogen and oxygen atoms in total. The van der Waals surface area contributed by atoms with Crippen LogP contribution in [0.15, 0.2) is 41.7 Å². The summed E-state index contributed by atoms with van der Waals surface area (Å²) in [6.45, 7) is -2.07. The first-order chi connectivity index (χ1) is 16.8. The standard InChI is InChI=1S/C22H15F4N7OS/c23-18(24)9-34-14-3-4-17(29-8-14)19-15(6-27)20(33-11-22(25,26)12-33)31-21(16(19)7-28)35-10-13-2-1-5-30-32-13/h1-5,8,18H,9-12H2. The highest BCUT2D eigenvalue weighted by Gasteiger charge is 2.46. The maximum absolute atomic E-state index is 13.6. The van der Waals surface area contributed by atoms with Crippen molar-refractivity contribution in [3.63, 3.8) is 0 Å². The van der Waals surface area contributed by atoms with E-state index in [-0.39, 0.29) is 44.7 Å². The van der Waals surface area contributed by atoms with Crippen LogP contribution in [-0.2, 0) is 5.75 Å². The van der Waals surface area contributed by atoms with Gasteiger partial charge < -0.3 is 9.64 Å². The molecule has 3 aromatic rings. The van der Waals surface area contributed by atoms with Crippen LogP contribution in [0.3, 0.4) is 0 Å². The predicted octanol–water partition coefficient (Wildman–Crippen LogP) is 4.07. The van der Waals surface area contributed by atoms with Crippen LogP contribution >= 0.6 is 11.8 Å². The van der Waals surface area contributed by atoms with Gasteiger partial charge in [0.15, 0.2) is 0 Å². The lowest BCUT2D eigenvalue weighted by Gasteiger charge is -2.40. The molecule has 0 amide bonds. The normalized spacial score (nSPS) is 14.2. The molecule has 178 valence electrons. The SMILES string of the molecule is N#Cc1c(SCc2cccnn2)nc(N2CC(F)(F)C2)c(C#N)c1-c1ccc(OCC(F)F)cn1. The van der Waals surface area contributed by atoms with E-state index < -0.39 is 32.0 Å². The molecule has 0 unspecified atom stereocenters. The fourth-order valence-corrected chi connectivity index (χ4v) is 4.22. The number of hydrogen-bond acceptors (Lipinski definition) is 9. The summed E-state index contributed by atoms with van der Waals surface area (Å²) in [5.41, 5.74) is 0.816. The molecule has 0 N–H and O–H groups in total. The smallest absolute Gasteiger partial charge is 0.282 e. The number of hydrogen-bond donors (Lipinski definition) is 0. The Morgan fingerprint density at radius 2 is 1.91 bits per heavy atom. The molecule has 1 saturated heterocycles. The first kappa shape index (κ1) is 24.2. The summed E-state index contributed by atoms with van der Waals surface area (Å²) >= 11 is 1.14. The topological polar surface area (TPSA) is 112 Å². The Bertz CT molecular complexity index is 1290. The Labute approximate surface area is 201 Å². The van der Waals surface area contributed by atoms with Gasteiger partial charge >= 0.3 is 0 Å². The zero-order valence-corrected chi connectivity index (χ0v) is 18.6. The highest BCUT2D eigenvalue weighted by Crippen LogP contribution is 2.41. The van der Waals surface area contributed by atoms with Gasteiger partial charge in [-0.1, -0.05) is 11.8 Å². The molecule has 1 aliphatic heterocycles. The van der Waals surface area contributed by atoms with Crippen molar-refractivity contribution < 1.29 is 22.3 Å². The molecule has 35 heavy (non-hydrogen) atoms. The van der Waals surface area contributed by atoms with Crippen molar-refractivity contribution in [3.05, 3.63) is 53.5 Å². The molecule has 4 heterocycles. The third kappa shape index (κ3) is 5.41. The number of rotatable bonds is 8. The lowest BCUT2D eigenvalue weighted by Crippen LogP contribution is -2.57. The second kappa shape index (κ2) is 10.1. The first-order valence-corrected chi connectivity index (χ1v) is 11.1. The van der Waals surface area contributed by atoms with E-state index in [1.54, 1.807) is 12.1 Å². The number of ether oxygens (including phenoxy) is 1. The predicted molar refractivity (Wildman–Crippen MR) is 117 cm³/mol. The molecular formula is C22H15F4N7OS. The third-order valence-electron chi connectivity index (χ3n) is 4.87. The number of alkyl halides is 4. The number of nitrogens with zero attached hydrogens (tertiary/aromatic N) is 7. The van der Waals surface area contributed by atoms with Gasteiger partial charge in [0.2, 0.25) is 0 Å². The second-order valence-corrected chi connectivity index (χ2v) is 8.35. The van der Waals surface area contributed by atoms with E-state index in [9.17, 15) is 28.1 Å². The largest absolute Gasteiger partial charge is 0.486 e. The summed E-state index contributed by atoms with van der Waals surface area (Å²) in [7, 11) is 0. The van der Waals surface area contributed by atoms with Crippen molar-refractivity contribution in [2.24, 2.45) is 0 Å². The molecule has 0 spiro atoms. The van der Waals surface area contributed by atoms with Crippen molar-refractivity contribution in [1.82, 2.24) is 20.2 Å². The lowest BCUT2D eigenvalue weighted by atomic mass is 9.99. The van der Waals surface area contributed by atoms with Gasteiger partial charge in [-0.15, -0.1) is 0 Å². The van der Waals surface area contributed by atoms with Crippen LogP contribution in [0.2, 0.25) is 0 Å². The maximum Gasteiger partial charge on any atom is 0.282 e. The van der Waals surface area contributed by atoms with Crippen LogP contribution < -0.4 is 9.64 Å². The zero-order chi connectivity index (χ0) is 25.0. The summed E-state index contributed by atoms with van der Waals surface area (Å²) in [6.07, 6.45) is 0.0241. The quantitative estimate of drug-likeness (QED) is 0.333. The third-order valence-corrected chi connectivity index (χ3v) is 5.87. The second-order valence-electron chi connectivity index (χ2n) is 7.39. The number of anilines is 1. The highest BCUT2D eigenvalue weighted by molar-refractivity contribution is 7.98. The molecule has 0 saturated carbocycles. The molecule has 13 heteroatoms. The van der Waals surface area contributed by atoms with E-state index in [2.05, 4.69) is 20.2 Å². The van der Waals surface area contributed by atoms with E-state index in [1.165, 1.54) is 29.4 Å². The molecule has 4 rings (SSSR count). The van der Waals surface area contributed by atoms with Crippen molar-refractivity contribution >= 4 is 17.6 Å². The van der Waals surface area contributed by atoms with E-state index in [1.807, 2.05) is 12.1 Å². The first-order valence-electron chi connectivity index (χ1n) is 10.1. The minimum Gasteiger partial charge on any atom is -0.486 e. The Morgan fingerprint density at radius 3 is 2.49 bits per heavy atom. The van der Waals surface area contributed by atoms with Gasteiger partial charge in [0.25, 0.3) is 12.3 Å². The maximum atomic E-state index is 13.6. The molecule has 0 atom stereocenters. The fraction of sp³-hybridized carbons (Fsp3) is 0.273. The molecule has 1 fully saturated rings. The van der Waals surface area contributed by atoms with Crippen molar-refractivity contribution in [1.29, 1.82) is 10.5 Å². The van der Waals surface area contributed by atoms with Gasteiger partial charge in [-0.25, -0.2) is 22.5 Å². The van der Waals surface area contributed by atoms with Gasteiger partial charge in [0.1, 0.15) is 40.9 Å². The van der Waals surface area contributed by atoms with Gasteiger partial charge in [-0.2, -0.15) is 20.7 Å². The molecule has 0 radical (unpaired) electrons. The minimum absolute atomic E-state index is 0.00824. The Balaban J connectivity index is 1.78. The zero-order valence-electron chi connectivity index (χ0n) is 17.8. The fourth-order valence-electron chi connectivity index (χ4n) is 3.34. The number of aromatic nitrogens is 4. The summed E-state index contributed by atoms with van der Waals surface area (Å²) in [4.78, 5) is 9.83. The van der Waals surface area contributed by atoms with Crippen LogP contribution in [0.25, 0.3) is 11.3 Å². The van der Waals surface area contributed by atoms with Crippen LogP contribution in [0.5, 0.6) is 5.75 Å². The lowest BCUT2D eigenvalue weighted by molar-refractivity contribution is -0.0267. The molecule has 0 aromatic carbocycles. The van der Waals surface area contributed by atoms with E-state index in [0.717, 1.165) is 11.8 Å². The van der Waals surface area contributed by atoms with E-state index in [0.29, 0.717) is 5.69 Å². The van der Waals surface area contributed by atoms with Crippen LogP contribution in [0.4, 0.5) is 23.4 Å². The average Bonchev–Trinajstić information content (AvgIpc) is 2.84. The molecule has 3 aromatic heterocycles. The van der Waals surface area contributed by atoms with Crippen molar-refractivity contribution in [3.8, 4) is 29.1 Å². The molecule has 0 aliphatic carbocycles. The van der Waals surface area contributed by atoms with Gasteiger partial charge in [0, 0.05) is 17.5 Å². The molecule has 1 aliphatic rings. The summed E-state index contributed by atoms with van der Waals surface area (Å²) < 4.78 is 57.0. The van der Waals surface area contributed by atoms with Crippen molar-refractivity contribution in [2.45, 2.75) is 23.1 Å². The van der Waals surface area contributed by atoms with E-state index >= 15 is 0 Å². The Morgan fingerprint density at radius 1 is 1.14 bits per heavy atom. The summed E-state index contributed by atoms with van der Waals surface area (Å²) in [5, 5.41) is 27.8. The number of thioether (sulfide) groups is 1. The number of pyridine rings is 2. The summed E-state index contributed by atoms with van der Waals surface area (Å²) in [5.74, 6) is -2.56. The minimum atomic E-state index is -2.92. The summed E-state index contributed by atoms with van der Waals surface area (Å²) in [6, 6.07) is 10.2. The van der Waals surface area contributed by atoms with Crippen molar-refractivity contribution in [2.75, 3.05) is 24.6 Å². The van der Waals surface area contributed by atoms with Crippen LogP contribution in [0, 0.1) is 22.7 Å². The molecular weight excluding hydrogens is 486 g/mol. The highest BCUT2D eigenvalue weighted by atomic mass is 32.2. The number of halogens is 4. The average molecular weight is 501 g/mol. The number of nitriles is 2. The van der Waals surface area contributed by atoms with Gasteiger partial charge in [-0.05, 0) is 24.3 Å². The van der Waals surface area contributed by atoms with Gasteiger partial charge in [0.05, 0.1) is 36.2 Å².